The van der Waals surface area contributed by atoms with E-state index in [9.17, 15) is 4.79 Å². The van der Waals surface area contributed by atoms with Crippen molar-refractivity contribution in [1.29, 1.82) is 0 Å². The van der Waals surface area contributed by atoms with Gasteiger partial charge >= 0.3 is 5.97 Å². The zero-order valence-corrected chi connectivity index (χ0v) is 8.43. The SMILES string of the molecule is CCCC(CCC)OC(=O)CC. The van der Waals surface area contributed by atoms with Crippen LogP contribution >= 0.6 is 0 Å². The van der Waals surface area contributed by atoms with Crippen molar-refractivity contribution >= 4 is 5.97 Å². The standard InChI is InChI=1S/C10H20O2/c1-4-7-9(8-5-2)12-10(11)6-3/h9H,4-8H2,1-3H3. The first kappa shape index (κ1) is 11.5. The first-order valence-electron chi connectivity index (χ1n) is 4.94. The van der Waals surface area contributed by atoms with Gasteiger partial charge in [0.2, 0.25) is 0 Å². The minimum atomic E-state index is -0.0677. The maximum atomic E-state index is 10.9. The van der Waals surface area contributed by atoms with Crippen LogP contribution in [0.4, 0.5) is 0 Å². The molecule has 0 bridgehead atoms. The Morgan fingerprint density at radius 3 is 2.00 bits per heavy atom. The summed E-state index contributed by atoms with van der Waals surface area (Å²) in [6.45, 7) is 6.06. The lowest BCUT2D eigenvalue weighted by Gasteiger charge is -2.15. The van der Waals surface area contributed by atoms with Crippen LogP contribution in [0, 0.1) is 0 Å². The van der Waals surface area contributed by atoms with Gasteiger partial charge in [0.1, 0.15) is 6.10 Å². The van der Waals surface area contributed by atoms with Crippen molar-refractivity contribution in [2.24, 2.45) is 0 Å². The summed E-state index contributed by atoms with van der Waals surface area (Å²) >= 11 is 0. The molecule has 0 amide bonds. The van der Waals surface area contributed by atoms with Crippen LogP contribution in [0.25, 0.3) is 0 Å². The first-order chi connectivity index (χ1) is 5.74. The molecule has 0 aromatic rings. The number of hydrogen-bond donors (Lipinski definition) is 0. The van der Waals surface area contributed by atoms with Gasteiger partial charge in [0, 0.05) is 6.42 Å². The topological polar surface area (TPSA) is 26.3 Å². The third kappa shape index (κ3) is 5.16. The molecule has 0 aromatic heterocycles. The number of rotatable bonds is 6. The molecule has 0 unspecified atom stereocenters. The fraction of sp³-hybridized carbons (Fsp3) is 0.900. The molecule has 0 saturated heterocycles. The second-order valence-electron chi connectivity index (χ2n) is 3.04. The van der Waals surface area contributed by atoms with Gasteiger partial charge in [-0.2, -0.15) is 0 Å². The largest absolute Gasteiger partial charge is 0.462 e. The molecule has 0 saturated carbocycles. The Labute approximate surface area is 75.3 Å². The quantitative estimate of drug-likeness (QED) is 0.576. The summed E-state index contributed by atoms with van der Waals surface area (Å²) in [6, 6.07) is 0. The van der Waals surface area contributed by atoms with Crippen LogP contribution in [0.2, 0.25) is 0 Å². The van der Waals surface area contributed by atoms with Crippen molar-refractivity contribution in [3.8, 4) is 0 Å². The van der Waals surface area contributed by atoms with Crippen molar-refractivity contribution in [2.45, 2.75) is 59.0 Å². The maximum absolute atomic E-state index is 10.9. The highest BCUT2D eigenvalue weighted by molar-refractivity contribution is 5.69. The van der Waals surface area contributed by atoms with E-state index >= 15 is 0 Å². The summed E-state index contributed by atoms with van der Waals surface area (Å²) in [5.41, 5.74) is 0. The van der Waals surface area contributed by atoms with E-state index in [2.05, 4.69) is 13.8 Å². The normalized spacial score (nSPS) is 10.3. The van der Waals surface area contributed by atoms with Crippen molar-refractivity contribution in [1.82, 2.24) is 0 Å². The second-order valence-corrected chi connectivity index (χ2v) is 3.04. The van der Waals surface area contributed by atoms with E-state index in [1.165, 1.54) is 0 Å². The van der Waals surface area contributed by atoms with Gasteiger partial charge in [-0.15, -0.1) is 0 Å². The molecule has 2 heteroatoms. The van der Waals surface area contributed by atoms with E-state index in [0.717, 1.165) is 25.7 Å². The molecule has 0 spiro atoms. The van der Waals surface area contributed by atoms with Crippen LogP contribution < -0.4 is 0 Å². The predicted octanol–water partition coefficient (Wildman–Crippen LogP) is 2.91. The average Bonchev–Trinajstić information content (AvgIpc) is 2.05. The molecule has 0 heterocycles. The van der Waals surface area contributed by atoms with E-state index in [4.69, 9.17) is 4.74 Å². The van der Waals surface area contributed by atoms with Crippen molar-refractivity contribution < 1.29 is 9.53 Å². The van der Waals surface area contributed by atoms with Gasteiger partial charge < -0.3 is 4.74 Å². The summed E-state index contributed by atoms with van der Waals surface area (Å²) in [6.07, 6.45) is 4.82. The monoisotopic (exact) mass is 172 g/mol. The highest BCUT2D eigenvalue weighted by atomic mass is 16.5. The van der Waals surface area contributed by atoms with E-state index in [0.29, 0.717) is 6.42 Å². The van der Waals surface area contributed by atoms with Gasteiger partial charge in [-0.05, 0) is 12.8 Å². The first-order valence-corrected chi connectivity index (χ1v) is 4.94. The summed E-state index contributed by atoms with van der Waals surface area (Å²) in [5, 5.41) is 0. The van der Waals surface area contributed by atoms with Crippen LogP contribution in [-0.2, 0) is 9.53 Å². The third-order valence-corrected chi connectivity index (χ3v) is 1.81. The molecular formula is C10H20O2. The number of carbonyl (C=O) groups excluding carboxylic acids is 1. The lowest BCUT2D eigenvalue weighted by atomic mass is 10.1. The van der Waals surface area contributed by atoms with Crippen LogP contribution in [0.3, 0.4) is 0 Å². The molecule has 12 heavy (non-hydrogen) atoms. The van der Waals surface area contributed by atoms with Crippen LogP contribution in [0.5, 0.6) is 0 Å². The number of ether oxygens (including phenoxy) is 1. The van der Waals surface area contributed by atoms with Gasteiger partial charge in [-0.1, -0.05) is 33.6 Å². The Morgan fingerprint density at radius 2 is 1.67 bits per heavy atom. The third-order valence-electron chi connectivity index (χ3n) is 1.81. The minimum Gasteiger partial charge on any atom is -0.462 e. The van der Waals surface area contributed by atoms with Crippen LogP contribution in [-0.4, -0.2) is 12.1 Å². The molecule has 72 valence electrons. The number of carbonyl (C=O) groups is 1. The Kier molecular flexibility index (Phi) is 6.82. The van der Waals surface area contributed by atoms with E-state index in [-0.39, 0.29) is 12.1 Å². The molecule has 0 N–H and O–H groups in total. The highest BCUT2D eigenvalue weighted by Gasteiger charge is 2.10. The Bertz CT molecular complexity index is 115. The highest BCUT2D eigenvalue weighted by Crippen LogP contribution is 2.09. The van der Waals surface area contributed by atoms with E-state index < -0.39 is 0 Å². The Balaban J connectivity index is 3.68. The molecule has 0 aromatic carbocycles. The molecule has 0 rings (SSSR count). The van der Waals surface area contributed by atoms with Gasteiger partial charge in [0.15, 0.2) is 0 Å². The summed E-state index contributed by atoms with van der Waals surface area (Å²) < 4.78 is 5.24. The molecule has 0 aliphatic rings. The van der Waals surface area contributed by atoms with Crippen molar-refractivity contribution in [3.63, 3.8) is 0 Å². The van der Waals surface area contributed by atoms with Gasteiger partial charge in [0.25, 0.3) is 0 Å². The Hall–Kier alpha value is -0.530. The molecule has 0 fully saturated rings. The van der Waals surface area contributed by atoms with Gasteiger partial charge in [-0.3, -0.25) is 4.79 Å². The molecule has 2 nitrogen and oxygen atoms in total. The fourth-order valence-electron chi connectivity index (χ4n) is 1.18. The van der Waals surface area contributed by atoms with E-state index in [1.807, 2.05) is 6.92 Å². The summed E-state index contributed by atoms with van der Waals surface area (Å²) in [4.78, 5) is 10.9. The minimum absolute atomic E-state index is 0.0677. The van der Waals surface area contributed by atoms with Gasteiger partial charge in [0.05, 0.1) is 0 Å². The van der Waals surface area contributed by atoms with Crippen molar-refractivity contribution in [2.75, 3.05) is 0 Å². The predicted molar refractivity (Wildman–Crippen MR) is 50.0 cm³/mol. The average molecular weight is 172 g/mol. The number of hydrogen-bond acceptors (Lipinski definition) is 2. The maximum Gasteiger partial charge on any atom is 0.305 e. The summed E-state index contributed by atoms with van der Waals surface area (Å²) in [7, 11) is 0. The van der Waals surface area contributed by atoms with E-state index in [1.54, 1.807) is 0 Å². The van der Waals surface area contributed by atoms with Crippen LogP contribution in [0.15, 0.2) is 0 Å². The second kappa shape index (κ2) is 7.14. The van der Waals surface area contributed by atoms with Gasteiger partial charge in [-0.25, -0.2) is 0 Å². The van der Waals surface area contributed by atoms with Crippen LogP contribution in [0.1, 0.15) is 52.9 Å². The smallest absolute Gasteiger partial charge is 0.305 e. The molecule has 0 radical (unpaired) electrons. The lowest BCUT2D eigenvalue weighted by Crippen LogP contribution is -2.17. The lowest BCUT2D eigenvalue weighted by molar-refractivity contribution is -0.149. The zero-order chi connectivity index (χ0) is 9.40. The molecular weight excluding hydrogens is 152 g/mol. The number of esters is 1. The molecule has 0 atom stereocenters. The zero-order valence-electron chi connectivity index (χ0n) is 8.43. The Morgan fingerprint density at radius 1 is 1.17 bits per heavy atom. The molecule has 0 aliphatic carbocycles. The van der Waals surface area contributed by atoms with Crippen molar-refractivity contribution in [3.05, 3.63) is 0 Å². The fourth-order valence-corrected chi connectivity index (χ4v) is 1.18. The summed E-state index contributed by atoms with van der Waals surface area (Å²) in [5.74, 6) is -0.0677. The molecule has 0 aliphatic heterocycles.